The number of hydrogen-bond acceptors (Lipinski definition) is 5. The molecule has 0 fully saturated rings. The van der Waals surface area contributed by atoms with Gasteiger partial charge in [0.1, 0.15) is 5.76 Å². The summed E-state index contributed by atoms with van der Waals surface area (Å²) in [5.41, 5.74) is 0.931. The quantitative estimate of drug-likeness (QED) is 0.793. The van der Waals surface area contributed by atoms with Gasteiger partial charge in [-0.15, -0.1) is 0 Å². The van der Waals surface area contributed by atoms with Gasteiger partial charge in [-0.3, -0.25) is 0 Å². The van der Waals surface area contributed by atoms with Gasteiger partial charge in [0.05, 0.1) is 19.8 Å². The van der Waals surface area contributed by atoms with E-state index in [1.54, 1.807) is 30.3 Å². The molecule has 0 unspecified atom stereocenters. The van der Waals surface area contributed by atoms with Crippen LogP contribution in [0.3, 0.4) is 0 Å². The van der Waals surface area contributed by atoms with E-state index in [1.165, 1.54) is 20.3 Å². The molecule has 98 valence electrons. The first-order valence-electron chi connectivity index (χ1n) is 5.53. The molecule has 1 aromatic heterocycles. The summed E-state index contributed by atoms with van der Waals surface area (Å²) >= 11 is 0. The third-order valence-electron chi connectivity index (χ3n) is 2.59. The van der Waals surface area contributed by atoms with Crippen molar-refractivity contribution in [2.24, 2.45) is 0 Å². The van der Waals surface area contributed by atoms with Gasteiger partial charge in [0.25, 0.3) is 0 Å². The molecular formula is C14H12O5. The Morgan fingerprint density at radius 1 is 0.947 bits per heavy atom. The molecule has 0 saturated carbocycles. The Kier molecular flexibility index (Phi) is 3.66. The number of furan rings is 1. The summed E-state index contributed by atoms with van der Waals surface area (Å²) in [7, 11) is 2.58. The first kappa shape index (κ1) is 12.9. The van der Waals surface area contributed by atoms with Crippen LogP contribution in [0.5, 0.6) is 0 Å². The van der Waals surface area contributed by atoms with E-state index in [0.717, 1.165) is 0 Å². The fourth-order valence-corrected chi connectivity index (χ4v) is 1.68. The Morgan fingerprint density at radius 3 is 2.32 bits per heavy atom. The van der Waals surface area contributed by atoms with E-state index in [-0.39, 0.29) is 5.76 Å². The van der Waals surface area contributed by atoms with Crippen molar-refractivity contribution in [3.8, 4) is 11.3 Å². The number of methoxy groups -OCH3 is 2. The number of carbonyl (C=O) groups is 2. The number of hydrogen-bond donors (Lipinski definition) is 0. The molecule has 19 heavy (non-hydrogen) atoms. The molecule has 0 radical (unpaired) electrons. The minimum atomic E-state index is -0.568. The maximum atomic E-state index is 11.6. The van der Waals surface area contributed by atoms with Gasteiger partial charge in [0.2, 0.25) is 5.76 Å². The third-order valence-corrected chi connectivity index (χ3v) is 2.59. The second-order valence-electron chi connectivity index (χ2n) is 3.69. The van der Waals surface area contributed by atoms with Gasteiger partial charge in [0.15, 0.2) is 0 Å². The molecule has 0 N–H and O–H groups in total. The van der Waals surface area contributed by atoms with Gasteiger partial charge < -0.3 is 13.9 Å². The second kappa shape index (κ2) is 5.39. The minimum Gasteiger partial charge on any atom is -0.465 e. The van der Waals surface area contributed by atoms with Gasteiger partial charge in [-0.25, -0.2) is 9.59 Å². The van der Waals surface area contributed by atoms with Crippen molar-refractivity contribution < 1.29 is 23.5 Å². The van der Waals surface area contributed by atoms with Crippen molar-refractivity contribution in [1.29, 1.82) is 0 Å². The molecular weight excluding hydrogens is 248 g/mol. The second-order valence-corrected chi connectivity index (χ2v) is 3.69. The highest BCUT2D eigenvalue weighted by Crippen LogP contribution is 2.26. The normalized spacial score (nSPS) is 10.0. The van der Waals surface area contributed by atoms with Gasteiger partial charge in [-0.05, 0) is 18.2 Å². The van der Waals surface area contributed by atoms with Crippen LogP contribution in [-0.4, -0.2) is 26.2 Å². The predicted molar refractivity (Wildman–Crippen MR) is 66.8 cm³/mol. The maximum Gasteiger partial charge on any atom is 0.373 e. The van der Waals surface area contributed by atoms with Crippen molar-refractivity contribution in [3.63, 3.8) is 0 Å². The van der Waals surface area contributed by atoms with Crippen LogP contribution >= 0.6 is 0 Å². The zero-order chi connectivity index (χ0) is 13.8. The molecule has 0 aliphatic carbocycles. The lowest BCUT2D eigenvalue weighted by Gasteiger charge is -2.04. The third kappa shape index (κ3) is 2.49. The van der Waals surface area contributed by atoms with Gasteiger partial charge in [0, 0.05) is 5.56 Å². The van der Waals surface area contributed by atoms with Crippen LogP contribution in [0.1, 0.15) is 20.9 Å². The van der Waals surface area contributed by atoms with E-state index < -0.39 is 11.9 Å². The summed E-state index contributed by atoms with van der Waals surface area (Å²) in [6.07, 6.45) is 0. The standard InChI is InChI=1S/C14H12O5/c1-17-13(15)10-6-4-3-5-9(10)11-7-8-12(19-11)14(16)18-2/h3-8H,1-2H3. The zero-order valence-corrected chi connectivity index (χ0v) is 10.5. The predicted octanol–water partition coefficient (Wildman–Crippen LogP) is 2.52. The summed E-state index contributed by atoms with van der Waals surface area (Å²) in [4.78, 5) is 23.0. The minimum absolute atomic E-state index is 0.0807. The highest BCUT2D eigenvalue weighted by molar-refractivity contribution is 5.97. The Hall–Kier alpha value is -2.56. The van der Waals surface area contributed by atoms with Crippen LogP contribution < -0.4 is 0 Å². The molecule has 5 nitrogen and oxygen atoms in total. The molecule has 0 bridgehead atoms. The van der Waals surface area contributed by atoms with E-state index in [1.807, 2.05) is 0 Å². The largest absolute Gasteiger partial charge is 0.465 e. The van der Waals surface area contributed by atoms with Gasteiger partial charge in [-0.2, -0.15) is 0 Å². The Bertz CT molecular complexity index is 612. The Labute approximate surface area is 109 Å². The SMILES string of the molecule is COC(=O)c1ccc(-c2ccccc2C(=O)OC)o1. The average molecular weight is 260 g/mol. The summed E-state index contributed by atoms with van der Waals surface area (Å²) in [6.45, 7) is 0. The van der Waals surface area contributed by atoms with Crippen molar-refractivity contribution in [1.82, 2.24) is 0 Å². The monoisotopic (exact) mass is 260 g/mol. The van der Waals surface area contributed by atoms with E-state index in [9.17, 15) is 9.59 Å². The number of ether oxygens (including phenoxy) is 2. The maximum absolute atomic E-state index is 11.6. The molecule has 5 heteroatoms. The first-order chi connectivity index (χ1) is 9.17. The molecule has 1 aromatic carbocycles. The van der Waals surface area contributed by atoms with Crippen molar-refractivity contribution in [3.05, 3.63) is 47.7 Å². The zero-order valence-electron chi connectivity index (χ0n) is 10.5. The van der Waals surface area contributed by atoms with Crippen LogP contribution in [0, 0.1) is 0 Å². The van der Waals surface area contributed by atoms with Crippen LogP contribution in [0.15, 0.2) is 40.8 Å². The average Bonchev–Trinajstić information content (AvgIpc) is 2.95. The van der Waals surface area contributed by atoms with Crippen molar-refractivity contribution in [2.45, 2.75) is 0 Å². The van der Waals surface area contributed by atoms with E-state index in [0.29, 0.717) is 16.9 Å². The Morgan fingerprint density at radius 2 is 1.63 bits per heavy atom. The fourth-order valence-electron chi connectivity index (χ4n) is 1.68. The summed E-state index contributed by atoms with van der Waals surface area (Å²) in [5.74, 6) is -0.549. The Balaban J connectivity index is 2.45. The van der Waals surface area contributed by atoms with Gasteiger partial charge >= 0.3 is 11.9 Å². The molecule has 0 spiro atoms. The number of carbonyl (C=O) groups excluding carboxylic acids is 2. The molecule has 1 heterocycles. The van der Waals surface area contributed by atoms with Crippen LogP contribution in [-0.2, 0) is 9.47 Å². The highest BCUT2D eigenvalue weighted by atomic mass is 16.5. The summed E-state index contributed by atoms with van der Waals surface area (Å²) in [5, 5.41) is 0. The van der Waals surface area contributed by atoms with Crippen LogP contribution in [0.4, 0.5) is 0 Å². The van der Waals surface area contributed by atoms with E-state index in [2.05, 4.69) is 4.74 Å². The molecule has 0 aliphatic heterocycles. The molecule has 0 atom stereocenters. The lowest BCUT2D eigenvalue weighted by Crippen LogP contribution is -2.03. The topological polar surface area (TPSA) is 65.7 Å². The van der Waals surface area contributed by atoms with E-state index in [4.69, 9.17) is 9.15 Å². The molecule has 2 aromatic rings. The lowest BCUT2D eigenvalue weighted by molar-refractivity contribution is 0.0565. The molecule has 2 rings (SSSR count). The summed E-state index contributed by atoms with van der Waals surface area (Å²) < 4.78 is 14.6. The molecule has 0 saturated heterocycles. The first-order valence-corrected chi connectivity index (χ1v) is 5.53. The van der Waals surface area contributed by atoms with E-state index >= 15 is 0 Å². The van der Waals surface area contributed by atoms with Crippen LogP contribution in [0.2, 0.25) is 0 Å². The lowest BCUT2D eigenvalue weighted by atomic mass is 10.1. The van der Waals surface area contributed by atoms with Crippen LogP contribution in [0.25, 0.3) is 11.3 Å². The number of rotatable bonds is 3. The highest BCUT2D eigenvalue weighted by Gasteiger charge is 2.17. The smallest absolute Gasteiger partial charge is 0.373 e. The fraction of sp³-hybridized carbons (Fsp3) is 0.143. The number of benzene rings is 1. The van der Waals surface area contributed by atoms with Crippen molar-refractivity contribution in [2.75, 3.05) is 14.2 Å². The summed E-state index contributed by atoms with van der Waals surface area (Å²) in [6, 6.07) is 9.93. The molecule has 0 aliphatic rings. The van der Waals surface area contributed by atoms with Crippen molar-refractivity contribution >= 4 is 11.9 Å². The van der Waals surface area contributed by atoms with Gasteiger partial charge in [-0.1, -0.05) is 18.2 Å². The number of esters is 2. The molecule has 0 amide bonds.